The Balaban J connectivity index is 1.57. The summed E-state index contributed by atoms with van der Waals surface area (Å²) in [6.07, 6.45) is 0.0382. The predicted molar refractivity (Wildman–Crippen MR) is 149 cm³/mol. The number of ether oxygens (including phenoxy) is 1. The van der Waals surface area contributed by atoms with Crippen molar-refractivity contribution >= 4 is 29.3 Å². The molecule has 0 N–H and O–H groups in total. The monoisotopic (exact) mass is 519 g/mol. The molecular formula is C31H25N3O3S. The van der Waals surface area contributed by atoms with Gasteiger partial charge in [0.1, 0.15) is 16.8 Å². The van der Waals surface area contributed by atoms with Crippen LogP contribution in [0.25, 0.3) is 22.4 Å². The topological polar surface area (TPSA) is 83.3 Å². The summed E-state index contributed by atoms with van der Waals surface area (Å²) in [6.45, 7) is 3.96. The molecule has 4 aromatic rings. The number of aryl methyl sites for hydroxylation is 2. The number of carbonyl (C=O) groups is 2. The fourth-order valence-corrected chi connectivity index (χ4v) is 5.51. The van der Waals surface area contributed by atoms with Gasteiger partial charge >= 0.3 is 0 Å². The van der Waals surface area contributed by atoms with Gasteiger partial charge in [0.05, 0.1) is 29.3 Å². The molecule has 2 heterocycles. The Hall–Kier alpha value is -4.41. The maximum Gasteiger partial charge on any atom is 0.247 e. The summed E-state index contributed by atoms with van der Waals surface area (Å²) in [5, 5.41) is 9.95. The number of rotatable bonds is 6. The number of nitrogens with zero attached hydrogens (tertiary/aromatic N) is 3. The van der Waals surface area contributed by atoms with Crippen LogP contribution in [0.3, 0.4) is 0 Å². The average molecular weight is 520 g/mol. The number of nitriles is 1. The van der Waals surface area contributed by atoms with Crippen LogP contribution in [0.5, 0.6) is 5.75 Å². The van der Waals surface area contributed by atoms with E-state index >= 15 is 0 Å². The maximum absolute atomic E-state index is 13.4. The van der Waals surface area contributed by atoms with Crippen molar-refractivity contribution in [3.8, 4) is 34.2 Å². The molecule has 1 atom stereocenters. The van der Waals surface area contributed by atoms with Crippen LogP contribution >= 0.6 is 11.8 Å². The Morgan fingerprint density at radius 1 is 0.921 bits per heavy atom. The van der Waals surface area contributed by atoms with Crippen LogP contribution in [-0.4, -0.2) is 29.2 Å². The van der Waals surface area contributed by atoms with Gasteiger partial charge in [-0.15, -0.1) is 0 Å². The lowest BCUT2D eigenvalue weighted by Gasteiger charge is -2.16. The highest BCUT2D eigenvalue weighted by atomic mass is 32.2. The molecule has 5 rings (SSSR count). The molecule has 1 saturated heterocycles. The summed E-state index contributed by atoms with van der Waals surface area (Å²) in [4.78, 5) is 32.3. The summed E-state index contributed by atoms with van der Waals surface area (Å²) < 4.78 is 5.29. The van der Waals surface area contributed by atoms with Gasteiger partial charge in [0.25, 0.3) is 0 Å². The Morgan fingerprint density at radius 2 is 1.53 bits per heavy atom. The van der Waals surface area contributed by atoms with Crippen LogP contribution in [0.2, 0.25) is 0 Å². The molecule has 0 radical (unpaired) electrons. The molecule has 6 nitrogen and oxygen atoms in total. The van der Waals surface area contributed by atoms with Gasteiger partial charge in [-0.3, -0.25) is 9.59 Å². The number of anilines is 1. The van der Waals surface area contributed by atoms with Crippen LogP contribution in [0.1, 0.15) is 23.1 Å². The molecule has 1 aromatic heterocycles. The molecule has 0 saturated carbocycles. The van der Waals surface area contributed by atoms with E-state index in [1.54, 1.807) is 19.2 Å². The Labute approximate surface area is 225 Å². The smallest absolute Gasteiger partial charge is 0.247 e. The van der Waals surface area contributed by atoms with Gasteiger partial charge in [-0.25, -0.2) is 9.88 Å². The van der Waals surface area contributed by atoms with Crippen LogP contribution in [0, 0.1) is 25.2 Å². The Bertz CT molecular complexity index is 1560. The van der Waals surface area contributed by atoms with Gasteiger partial charge in [0.15, 0.2) is 0 Å². The predicted octanol–water partition coefficient (Wildman–Crippen LogP) is 6.34. The maximum atomic E-state index is 13.4. The van der Waals surface area contributed by atoms with E-state index in [0.29, 0.717) is 22.0 Å². The highest BCUT2D eigenvalue weighted by Crippen LogP contribution is 2.39. The number of amides is 2. The quantitative estimate of drug-likeness (QED) is 0.277. The molecule has 2 amide bonds. The Morgan fingerprint density at radius 3 is 2.13 bits per heavy atom. The zero-order chi connectivity index (χ0) is 26.8. The van der Waals surface area contributed by atoms with Crippen molar-refractivity contribution in [1.82, 2.24) is 4.98 Å². The molecule has 1 aliphatic heterocycles. The summed E-state index contributed by atoms with van der Waals surface area (Å²) in [7, 11) is 1.61. The second-order valence-corrected chi connectivity index (χ2v) is 10.3. The van der Waals surface area contributed by atoms with E-state index in [0.717, 1.165) is 33.6 Å². The molecule has 0 spiro atoms. The largest absolute Gasteiger partial charge is 0.497 e. The van der Waals surface area contributed by atoms with Gasteiger partial charge in [-0.1, -0.05) is 59.3 Å². The van der Waals surface area contributed by atoms with Crippen LogP contribution < -0.4 is 9.64 Å². The van der Waals surface area contributed by atoms with Crippen LogP contribution in [0.15, 0.2) is 83.9 Å². The van der Waals surface area contributed by atoms with Crippen molar-refractivity contribution in [2.45, 2.75) is 30.5 Å². The highest BCUT2D eigenvalue weighted by molar-refractivity contribution is 8.00. The highest BCUT2D eigenvalue weighted by Gasteiger charge is 2.41. The molecule has 38 heavy (non-hydrogen) atoms. The molecule has 3 aromatic carbocycles. The lowest BCUT2D eigenvalue weighted by atomic mass is 9.98. The number of hydrogen-bond donors (Lipinski definition) is 0. The fraction of sp³-hybridized carbons (Fsp3) is 0.161. The molecule has 0 bridgehead atoms. The fourth-order valence-electron chi connectivity index (χ4n) is 4.38. The SMILES string of the molecule is COc1ccc(-c2cc(-c3ccc(C)cc3)c(C#N)c(S[C@H]3CC(=O)N(c4ccc(C)cc4)C3=O)n2)cc1. The summed E-state index contributed by atoms with van der Waals surface area (Å²) in [6, 6.07) is 27.0. The van der Waals surface area contributed by atoms with E-state index in [1.807, 2.05) is 80.6 Å². The number of benzene rings is 3. The van der Waals surface area contributed by atoms with E-state index in [4.69, 9.17) is 9.72 Å². The zero-order valence-corrected chi connectivity index (χ0v) is 22.1. The number of hydrogen-bond acceptors (Lipinski definition) is 6. The minimum Gasteiger partial charge on any atom is -0.497 e. The first kappa shape index (κ1) is 25.2. The van der Waals surface area contributed by atoms with E-state index < -0.39 is 5.25 Å². The van der Waals surface area contributed by atoms with E-state index in [1.165, 1.54) is 16.7 Å². The second kappa shape index (κ2) is 10.5. The zero-order valence-electron chi connectivity index (χ0n) is 21.3. The van der Waals surface area contributed by atoms with Crippen molar-refractivity contribution in [2.24, 2.45) is 0 Å². The number of methoxy groups -OCH3 is 1. The third-order valence-corrected chi connectivity index (χ3v) is 7.67. The van der Waals surface area contributed by atoms with Crippen molar-refractivity contribution < 1.29 is 14.3 Å². The molecule has 1 fully saturated rings. The average Bonchev–Trinajstić information content (AvgIpc) is 3.21. The van der Waals surface area contributed by atoms with Gasteiger partial charge in [-0.2, -0.15) is 5.26 Å². The minimum atomic E-state index is -0.680. The van der Waals surface area contributed by atoms with Crippen molar-refractivity contribution in [2.75, 3.05) is 12.0 Å². The Kier molecular flexibility index (Phi) is 6.99. The second-order valence-electron chi connectivity index (χ2n) is 9.16. The van der Waals surface area contributed by atoms with Crippen molar-refractivity contribution in [1.29, 1.82) is 5.26 Å². The normalized spacial score (nSPS) is 15.0. The number of aromatic nitrogens is 1. The van der Waals surface area contributed by atoms with Crippen LogP contribution in [0.4, 0.5) is 5.69 Å². The van der Waals surface area contributed by atoms with Gasteiger partial charge in [0, 0.05) is 17.5 Å². The molecule has 7 heteroatoms. The standard InChI is InChI=1S/C31H25N3O3S/c1-19-4-8-21(9-5-19)25-16-27(22-10-14-24(37-3)15-11-22)33-30(26(25)18-32)38-28-17-29(35)34(31(28)36)23-12-6-20(2)7-13-23/h4-16,28H,17H2,1-3H3/t28-/m0/s1. The minimum absolute atomic E-state index is 0.0382. The first-order valence-corrected chi connectivity index (χ1v) is 13.0. The molecule has 0 aliphatic carbocycles. The third-order valence-electron chi connectivity index (χ3n) is 6.50. The summed E-state index contributed by atoms with van der Waals surface area (Å²) >= 11 is 1.17. The molecule has 1 aliphatic rings. The van der Waals surface area contributed by atoms with Gasteiger partial charge in [0.2, 0.25) is 11.8 Å². The third kappa shape index (κ3) is 4.91. The lowest BCUT2D eigenvalue weighted by Crippen LogP contribution is -2.31. The molecule has 188 valence electrons. The summed E-state index contributed by atoms with van der Waals surface area (Å²) in [5.41, 5.74) is 6.19. The van der Waals surface area contributed by atoms with Gasteiger partial charge in [-0.05, 0) is 61.9 Å². The molecule has 0 unspecified atom stereocenters. The van der Waals surface area contributed by atoms with Crippen molar-refractivity contribution in [3.05, 3.63) is 95.6 Å². The number of imide groups is 1. The van der Waals surface area contributed by atoms with E-state index in [2.05, 4.69) is 6.07 Å². The first-order valence-electron chi connectivity index (χ1n) is 12.1. The lowest BCUT2D eigenvalue weighted by molar-refractivity contribution is -0.121. The molecular weight excluding hydrogens is 494 g/mol. The van der Waals surface area contributed by atoms with Crippen molar-refractivity contribution in [3.63, 3.8) is 0 Å². The van der Waals surface area contributed by atoms with Crippen LogP contribution in [-0.2, 0) is 9.59 Å². The number of pyridine rings is 1. The van der Waals surface area contributed by atoms with E-state index in [-0.39, 0.29) is 18.2 Å². The number of thioether (sulfide) groups is 1. The van der Waals surface area contributed by atoms with Gasteiger partial charge < -0.3 is 4.74 Å². The van der Waals surface area contributed by atoms with E-state index in [9.17, 15) is 14.9 Å². The number of carbonyl (C=O) groups excluding carboxylic acids is 2. The summed E-state index contributed by atoms with van der Waals surface area (Å²) in [5.74, 6) is 0.156. The first-order chi connectivity index (χ1) is 18.4.